The summed E-state index contributed by atoms with van der Waals surface area (Å²) in [7, 11) is 0. The van der Waals surface area contributed by atoms with Crippen LogP contribution in [-0.2, 0) is 0 Å². The van der Waals surface area contributed by atoms with Gasteiger partial charge in [0.15, 0.2) is 0 Å². The minimum absolute atomic E-state index is 0.366. The van der Waals surface area contributed by atoms with Gasteiger partial charge in [0.05, 0.1) is 0 Å². The minimum Gasteiger partial charge on any atom is -0.293 e. The fourth-order valence-electron chi connectivity index (χ4n) is 3.20. The van der Waals surface area contributed by atoms with Crippen LogP contribution < -0.4 is 0 Å². The molecule has 0 radical (unpaired) electrons. The normalized spacial score (nSPS) is 16.8. The number of hydrogen-bond donors (Lipinski definition) is 0. The molecule has 0 amide bonds. The zero-order valence-electron chi connectivity index (χ0n) is 13.4. The average Bonchev–Trinajstić information content (AvgIpc) is 2.88. The van der Waals surface area contributed by atoms with E-state index in [1.54, 1.807) is 0 Å². The van der Waals surface area contributed by atoms with E-state index in [1.165, 1.54) is 34.2 Å². The van der Waals surface area contributed by atoms with Gasteiger partial charge < -0.3 is 0 Å². The lowest BCUT2D eigenvalue weighted by Crippen LogP contribution is -2.03. The van der Waals surface area contributed by atoms with Crippen molar-refractivity contribution in [1.29, 1.82) is 0 Å². The van der Waals surface area contributed by atoms with Crippen molar-refractivity contribution in [2.75, 3.05) is 6.54 Å². The van der Waals surface area contributed by atoms with Gasteiger partial charge in [0.2, 0.25) is 0 Å². The van der Waals surface area contributed by atoms with Crippen LogP contribution in [-0.4, -0.2) is 12.8 Å². The molecule has 0 heterocycles. The van der Waals surface area contributed by atoms with E-state index < -0.39 is 0 Å². The molecule has 1 heteroatoms. The monoisotopic (exact) mass is 289 g/mol. The molecule has 0 saturated carbocycles. The molecule has 0 aromatic heterocycles. The van der Waals surface area contributed by atoms with Gasteiger partial charge in [-0.2, -0.15) is 0 Å². The lowest BCUT2D eigenvalue weighted by molar-refractivity contribution is 0.810. The van der Waals surface area contributed by atoms with Crippen molar-refractivity contribution in [3.05, 3.63) is 76.4 Å². The Labute approximate surface area is 133 Å². The van der Waals surface area contributed by atoms with E-state index in [0.717, 1.165) is 13.0 Å². The first kappa shape index (κ1) is 14.8. The molecule has 1 aliphatic rings. The van der Waals surface area contributed by atoms with Crippen molar-refractivity contribution in [2.24, 2.45) is 4.99 Å². The van der Waals surface area contributed by atoms with Gasteiger partial charge in [-0.15, -0.1) is 0 Å². The molecule has 0 N–H and O–H groups in total. The third kappa shape index (κ3) is 2.89. The summed E-state index contributed by atoms with van der Waals surface area (Å²) in [6.07, 6.45) is 6.71. The van der Waals surface area contributed by atoms with Crippen LogP contribution in [0.4, 0.5) is 0 Å². The highest BCUT2D eigenvalue weighted by atomic mass is 14.7. The zero-order chi connectivity index (χ0) is 15.4. The number of rotatable bonds is 5. The number of benzene rings is 2. The third-order valence-corrected chi connectivity index (χ3v) is 4.32. The molecule has 0 spiro atoms. The first-order valence-corrected chi connectivity index (χ1v) is 8.17. The first-order chi connectivity index (χ1) is 10.8. The molecule has 1 unspecified atom stereocenters. The maximum atomic E-state index is 4.60. The largest absolute Gasteiger partial charge is 0.293 e. The van der Waals surface area contributed by atoms with Crippen LogP contribution in [0.3, 0.4) is 0 Å². The van der Waals surface area contributed by atoms with Gasteiger partial charge in [0, 0.05) is 18.7 Å². The summed E-state index contributed by atoms with van der Waals surface area (Å²) >= 11 is 0. The molecular weight excluding hydrogens is 266 g/mol. The second-order valence-electron chi connectivity index (χ2n) is 5.97. The van der Waals surface area contributed by atoms with E-state index >= 15 is 0 Å². The van der Waals surface area contributed by atoms with E-state index in [9.17, 15) is 0 Å². The second kappa shape index (κ2) is 6.74. The summed E-state index contributed by atoms with van der Waals surface area (Å²) in [6, 6.07) is 17.4. The van der Waals surface area contributed by atoms with Gasteiger partial charge in [0.1, 0.15) is 0 Å². The zero-order valence-corrected chi connectivity index (χ0v) is 13.4. The van der Waals surface area contributed by atoms with Crippen molar-refractivity contribution < 1.29 is 0 Å². The summed E-state index contributed by atoms with van der Waals surface area (Å²) in [5, 5.41) is 0. The van der Waals surface area contributed by atoms with Crippen LogP contribution in [0.2, 0.25) is 0 Å². The van der Waals surface area contributed by atoms with Gasteiger partial charge in [0.25, 0.3) is 0 Å². The predicted molar refractivity (Wildman–Crippen MR) is 95.7 cm³/mol. The number of unbranched alkanes of at least 4 members (excludes halogenated alkanes) is 1. The molecule has 1 aliphatic carbocycles. The maximum absolute atomic E-state index is 4.60. The summed E-state index contributed by atoms with van der Waals surface area (Å²) in [5.41, 5.74) is 6.78. The molecular formula is C21H23N. The van der Waals surface area contributed by atoms with E-state index in [2.05, 4.69) is 79.7 Å². The van der Waals surface area contributed by atoms with Gasteiger partial charge in [-0.1, -0.05) is 73.5 Å². The van der Waals surface area contributed by atoms with E-state index in [0.29, 0.717) is 5.92 Å². The molecule has 112 valence electrons. The van der Waals surface area contributed by atoms with Gasteiger partial charge in [-0.25, -0.2) is 0 Å². The molecule has 3 rings (SSSR count). The van der Waals surface area contributed by atoms with Crippen LogP contribution in [0.5, 0.6) is 0 Å². The molecule has 1 nitrogen and oxygen atoms in total. The minimum atomic E-state index is 0.366. The van der Waals surface area contributed by atoms with E-state index in [4.69, 9.17) is 0 Å². The van der Waals surface area contributed by atoms with E-state index in [-0.39, 0.29) is 0 Å². The Balaban J connectivity index is 1.96. The van der Waals surface area contributed by atoms with Gasteiger partial charge in [-0.3, -0.25) is 4.99 Å². The average molecular weight is 289 g/mol. The van der Waals surface area contributed by atoms with Crippen molar-refractivity contribution >= 4 is 12.3 Å². The van der Waals surface area contributed by atoms with Crippen LogP contribution in [0.25, 0.3) is 6.08 Å². The number of allylic oxidation sites excluding steroid dienone is 1. The quantitative estimate of drug-likeness (QED) is 0.512. The number of nitrogens with zero attached hydrogens (tertiary/aromatic N) is 1. The Kier molecular flexibility index (Phi) is 4.53. The van der Waals surface area contributed by atoms with Crippen molar-refractivity contribution in [3.63, 3.8) is 0 Å². The van der Waals surface area contributed by atoms with Crippen molar-refractivity contribution in [2.45, 2.75) is 32.6 Å². The standard InChI is InChI=1S/C21H23N/c1-3-4-13-22-15-18-10-6-8-12-20(18)21-16(2)14-17-9-5-7-11-19(17)21/h5-12,14-15,21H,3-4,13H2,1-2H3. The fourth-order valence-corrected chi connectivity index (χ4v) is 3.20. The molecule has 1 atom stereocenters. The Morgan fingerprint density at radius 2 is 1.73 bits per heavy atom. The smallest absolute Gasteiger partial charge is 0.0389 e. The Morgan fingerprint density at radius 1 is 1.00 bits per heavy atom. The Hall–Kier alpha value is -2.15. The molecule has 2 aromatic carbocycles. The molecule has 2 aromatic rings. The Bertz CT molecular complexity index is 709. The van der Waals surface area contributed by atoms with Gasteiger partial charge >= 0.3 is 0 Å². The molecule has 0 aliphatic heterocycles. The van der Waals surface area contributed by atoms with Crippen molar-refractivity contribution in [3.8, 4) is 0 Å². The highest BCUT2D eigenvalue weighted by molar-refractivity contribution is 5.84. The number of hydrogen-bond acceptors (Lipinski definition) is 1. The highest BCUT2D eigenvalue weighted by Gasteiger charge is 2.25. The van der Waals surface area contributed by atoms with Gasteiger partial charge in [-0.05, 0) is 35.6 Å². The molecule has 0 bridgehead atoms. The first-order valence-electron chi connectivity index (χ1n) is 8.17. The van der Waals surface area contributed by atoms with Crippen molar-refractivity contribution in [1.82, 2.24) is 0 Å². The molecule has 0 fully saturated rings. The van der Waals surface area contributed by atoms with E-state index in [1.807, 2.05) is 0 Å². The predicted octanol–water partition coefficient (Wildman–Crippen LogP) is 5.45. The fraction of sp³-hybridized carbons (Fsp3) is 0.286. The summed E-state index contributed by atoms with van der Waals surface area (Å²) < 4.78 is 0. The lowest BCUT2D eigenvalue weighted by atomic mass is 9.86. The highest BCUT2D eigenvalue weighted by Crippen LogP contribution is 2.41. The summed E-state index contributed by atoms with van der Waals surface area (Å²) in [4.78, 5) is 4.60. The molecule has 0 saturated heterocycles. The number of aliphatic imine (C=N–C) groups is 1. The van der Waals surface area contributed by atoms with Crippen LogP contribution >= 0.6 is 0 Å². The van der Waals surface area contributed by atoms with Crippen LogP contribution in [0, 0.1) is 0 Å². The SMILES string of the molecule is CCCCN=Cc1ccccc1C1C(C)=Cc2ccccc21. The topological polar surface area (TPSA) is 12.4 Å². The third-order valence-electron chi connectivity index (χ3n) is 4.32. The number of fused-ring (bicyclic) bond motifs is 1. The summed E-state index contributed by atoms with van der Waals surface area (Å²) in [6.45, 7) is 5.35. The second-order valence-corrected chi connectivity index (χ2v) is 5.97. The lowest BCUT2D eigenvalue weighted by Gasteiger charge is -2.17. The van der Waals surface area contributed by atoms with Crippen LogP contribution in [0.1, 0.15) is 54.9 Å². The Morgan fingerprint density at radius 3 is 2.55 bits per heavy atom. The summed E-state index contributed by atoms with van der Waals surface area (Å²) in [5.74, 6) is 0.366. The molecule has 22 heavy (non-hydrogen) atoms. The maximum Gasteiger partial charge on any atom is 0.0389 e. The van der Waals surface area contributed by atoms with Crippen LogP contribution in [0.15, 0.2) is 59.1 Å².